The lowest BCUT2D eigenvalue weighted by molar-refractivity contribution is -0.294. The van der Waals surface area contributed by atoms with E-state index in [9.17, 15) is 40.5 Å². The highest BCUT2D eigenvalue weighted by Gasteiger charge is 2.46. The van der Waals surface area contributed by atoms with Crippen LogP contribution in [-0.4, -0.2) is 93.2 Å². The van der Waals surface area contributed by atoms with Crippen molar-refractivity contribution >= 4 is 18.1 Å². The topological polar surface area (TPSA) is 214 Å². The van der Waals surface area contributed by atoms with Crippen LogP contribution in [0, 0.1) is 0 Å². The minimum Gasteiger partial charge on any atom is -0.508 e. The summed E-state index contributed by atoms with van der Waals surface area (Å²) in [5.74, 6) is -1.62. The predicted octanol–water partition coefficient (Wildman–Crippen LogP) is 2.08. The van der Waals surface area contributed by atoms with Crippen LogP contribution in [0.1, 0.15) is 22.8 Å². The van der Waals surface area contributed by atoms with Crippen LogP contribution >= 0.6 is 0 Å². The summed E-state index contributed by atoms with van der Waals surface area (Å²) in [5.41, 5.74) is 1.03. The molecule has 14 heteroatoms. The predicted molar refractivity (Wildman–Crippen MR) is 158 cm³/mol. The summed E-state index contributed by atoms with van der Waals surface area (Å²) >= 11 is 0. The number of ether oxygens (including phenoxy) is 6. The molecule has 1 fully saturated rings. The third kappa shape index (κ3) is 6.74. The molecule has 3 aromatic rings. The average Bonchev–Trinajstić information content (AvgIpc) is 3.04. The van der Waals surface area contributed by atoms with Crippen LogP contribution in [0.15, 0.2) is 60.4 Å². The number of aliphatic hydroxyl groups excluding tert-OH is 3. The van der Waals surface area contributed by atoms with E-state index in [0.717, 1.165) is 12.1 Å². The lowest BCUT2D eigenvalue weighted by Gasteiger charge is -2.41. The molecule has 46 heavy (non-hydrogen) atoms. The smallest absolute Gasteiger partial charge is 0.330 e. The van der Waals surface area contributed by atoms with Gasteiger partial charge in [-0.15, -0.1) is 0 Å². The zero-order valence-corrected chi connectivity index (χ0v) is 24.5. The minimum atomic E-state index is -1.79. The molecule has 2 aliphatic rings. The molecule has 244 valence electrons. The average molecular weight is 641 g/mol. The molecule has 0 radical (unpaired) electrons. The Labute approximate surface area is 262 Å². The number of carbonyl (C=O) groups excluding carboxylic acids is 1. The second kappa shape index (κ2) is 13.5. The van der Waals surface area contributed by atoms with Gasteiger partial charge in [0.15, 0.2) is 17.6 Å². The maximum atomic E-state index is 12.3. The Bertz CT molecular complexity index is 1610. The van der Waals surface area contributed by atoms with E-state index >= 15 is 0 Å². The van der Waals surface area contributed by atoms with Crippen molar-refractivity contribution in [2.24, 2.45) is 0 Å². The highest BCUT2D eigenvalue weighted by atomic mass is 16.7. The van der Waals surface area contributed by atoms with Crippen molar-refractivity contribution < 1.29 is 69.0 Å². The fourth-order valence-corrected chi connectivity index (χ4v) is 4.88. The van der Waals surface area contributed by atoms with E-state index in [1.807, 2.05) is 0 Å². The van der Waals surface area contributed by atoms with Gasteiger partial charge in [0.25, 0.3) is 0 Å². The maximum Gasteiger partial charge on any atom is 0.330 e. The normalized spacial score (nSPS) is 24.0. The number of phenolic OH excluding ortho intramolecular Hbond substituents is 4. The number of hydrogen-bond donors (Lipinski definition) is 7. The van der Waals surface area contributed by atoms with E-state index in [0.29, 0.717) is 11.1 Å². The lowest BCUT2D eigenvalue weighted by atomic mass is 9.98. The Balaban J connectivity index is 1.40. The molecule has 0 aliphatic carbocycles. The van der Waals surface area contributed by atoms with Crippen molar-refractivity contribution in [3.05, 3.63) is 77.1 Å². The first-order valence-electron chi connectivity index (χ1n) is 13.9. The van der Waals surface area contributed by atoms with Crippen LogP contribution in [0.3, 0.4) is 0 Å². The molecule has 0 amide bonds. The van der Waals surface area contributed by atoms with E-state index in [4.69, 9.17) is 28.4 Å². The molecule has 0 spiro atoms. The fourth-order valence-electron chi connectivity index (χ4n) is 4.88. The van der Waals surface area contributed by atoms with Gasteiger partial charge >= 0.3 is 5.97 Å². The zero-order chi connectivity index (χ0) is 33.1. The molecule has 3 aromatic carbocycles. The zero-order valence-electron chi connectivity index (χ0n) is 24.5. The Hall–Kier alpha value is -5.15. The number of methoxy groups -OCH3 is 2. The largest absolute Gasteiger partial charge is 0.508 e. The molecule has 0 aromatic heterocycles. The molecule has 0 saturated carbocycles. The van der Waals surface area contributed by atoms with Crippen molar-refractivity contribution in [1.29, 1.82) is 0 Å². The third-order valence-corrected chi connectivity index (χ3v) is 7.32. The second-order valence-corrected chi connectivity index (χ2v) is 10.4. The summed E-state index contributed by atoms with van der Waals surface area (Å²) in [6.45, 7) is -0.530. The summed E-state index contributed by atoms with van der Waals surface area (Å²) in [7, 11) is 2.65. The number of carbonyl (C=O) groups is 1. The molecule has 6 atom stereocenters. The van der Waals surface area contributed by atoms with Crippen LogP contribution in [0.4, 0.5) is 0 Å². The summed E-state index contributed by atoms with van der Waals surface area (Å²) in [6.07, 6.45) is -5.48. The summed E-state index contributed by atoms with van der Waals surface area (Å²) in [4.78, 5) is 12.3. The van der Waals surface area contributed by atoms with Crippen molar-refractivity contribution in [1.82, 2.24) is 0 Å². The molecule has 7 N–H and O–H groups in total. The van der Waals surface area contributed by atoms with Crippen molar-refractivity contribution in [2.75, 3.05) is 20.8 Å². The lowest BCUT2D eigenvalue weighted by Crippen LogP contribution is -2.59. The number of fused-ring (bicyclic) bond motifs is 1. The first-order chi connectivity index (χ1) is 22.0. The molecule has 14 nitrogen and oxygen atoms in total. The number of esters is 1. The summed E-state index contributed by atoms with van der Waals surface area (Å²) in [5, 5.41) is 72.3. The van der Waals surface area contributed by atoms with Crippen LogP contribution in [-0.2, 0) is 19.0 Å². The van der Waals surface area contributed by atoms with E-state index in [2.05, 4.69) is 0 Å². The third-order valence-electron chi connectivity index (χ3n) is 7.32. The van der Waals surface area contributed by atoms with Gasteiger partial charge in [0.2, 0.25) is 12.0 Å². The monoisotopic (exact) mass is 640 g/mol. The number of hydrogen-bond acceptors (Lipinski definition) is 14. The van der Waals surface area contributed by atoms with Crippen molar-refractivity contribution in [3.8, 4) is 40.2 Å². The van der Waals surface area contributed by atoms with Gasteiger partial charge < -0.3 is 64.2 Å². The Morgan fingerprint density at radius 3 is 2.20 bits per heavy atom. The molecule has 5 rings (SSSR count). The van der Waals surface area contributed by atoms with E-state index < -0.39 is 49.4 Å². The maximum absolute atomic E-state index is 12.3. The van der Waals surface area contributed by atoms with Gasteiger partial charge in [0, 0.05) is 23.8 Å². The Morgan fingerprint density at radius 2 is 1.54 bits per heavy atom. The number of phenols is 4. The van der Waals surface area contributed by atoms with Gasteiger partial charge in [-0.3, -0.25) is 0 Å². The van der Waals surface area contributed by atoms with Gasteiger partial charge in [0.05, 0.1) is 19.8 Å². The van der Waals surface area contributed by atoms with Gasteiger partial charge in [-0.05, 0) is 42.0 Å². The van der Waals surface area contributed by atoms with E-state index in [-0.39, 0.29) is 51.6 Å². The highest BCUT2D eigenvalue weighted by molar-refractivity contribution is 5.87. The van der Waals surface area contributed by atoms with Crippen molar-refractivity contribution in [3.63, 3.8) is 0 Å². The quantitative estimate of drug-likeness (QED) is 0.132. The van der Waals surface area contributed by atoms with Crippen LogP contribution in [0.2, 0.25) is 0 Å². The first-order valence-corrected chi connectivity index (χ1v) is 13.9. The van der Waals surface area contributed by atoms with Gasteiger partial charge in [0.1, 0.15) is 59.8 Å². The SMILES string of the molecule is COc1cc(C2Oc3cc(O)cc(O)c3C=C2O[C@@H]2O[C@H](COC(=O)/C=C/c3ccc(O)cc3)[C@@H](O)[C@H](O)[C@H]2O)cc(OC)c1O. The van der Waals surface area contributed by atoms with Crippen LogP contribution in [0.25, 0.3) is 12.2 Å². The van der Waals surface area contributed by atoms with Gasteiger partial charge in [-0.2, -0.15) is 0 Å². The molecular weight excluding hydrogens is 608 g/mol. The number of aromatic hydroxyl groups is 4. The van der Waals surface area contributed by atoms with E-state index in [1.54, 1.807) is 12.1 Å². The van der Waals surface area contributed by atoms with E-state index in [1.165, 1.54) is 56.7 Å². The minimum absolute atomic E-state index is 0.0238. The number of rotatable bonds is 9. The van der Waals surface area contributed by atoms with Gasteiger partial charge in [-0.25, -0.2) is 4.79 Å². The molecule has 2 heterocycles. The molecule has 1 saturated heterocycles. The number of aliphatic hydroxyl groups is 3. The Morgan fingerprint density at radius 1 is 0.870 bits per heavy atom. The van der Waals surface area contributed by atoms with Crippen LogP contribution in [0.5, 0.6) is 40.2 Å². The van der Waals surface area contributed by atoms with Crippen LogP contribution < -0.4 is 14.2 Å². The molecular formula is C32H32O14. The molecule has 1 unspecified atom stereocenters. The Kier molecular flexibility index (Phi) is 9.44. The van der Waals surface area contributed by atoms with Crippen molar-refractivity contribution in [2.45, 2.75) is 36.8 Å². The fraction of sp³-hybridized carbons (Fsp3) is 0.281. The first kappa shape index (κ1) is 32.2. The second-order valence-electron chi connectivity index (χ2n) is 10.4. The summed E-state index contributed by atoms with van der Waals surface area (Å²) in [6, 6.07) is 11.2. The van der Waals surface area contributed by atoms with Gasteiger partial charge in [-0.1, -0.05) is 12.1 Å². The standard InChI is InChI=1S/C32H32O14/c1-41-22-9-16(10-23(42-2)27(22)37)31-24(13-19-20(35)11-18(34)12-21(19)44-31)45-32-30(40)29(39)28(38)25(46-32)14-43-26(36)8-5-15-3-6-17(33)7-4-15/h3-13,25,28-35,37-40H,14H2,1-2H3/b8-5+/t25-,28-,29+,30-,31?,32-/m1/s1. The highest BCUT2D eigenvalue weighted by Crippen LogP contribution is 2.47. The molecule has 0 bridgehead atoms. The number of benzene rings is 3. The molecule has 2 aliphatic heterocycles. The summed E-state index contributed by atoms with van der Waals surface area (Å²) < 4.78 is 33.5.